The van der Waals surface area contributed by atoms with Crippen molar-refractivity contribution in [1.29, 1.82) is 0 Å². The Balaban J connectivity index is 1.29. The van der Waals surface area contributed by atoms with Gasteiger partial charge in [-0.2, -0.15) is 0 Å². The summed E-state index contributed by atoms with van der Waals surface area (Å²) < 4.78 is 13.4. The summed E-state index contributed by atoms with van der Waals surface area (Å²) >= 11 is 0. The Morgan fingerprint density at radius 1 is 1.03 bits per heavy atom. The number of para-hydroxylation sites is 2. The minimum Gasteiger partial charge on any atom is -0.497 e. The van der Waals surface area contributed by atoms with Crippen LogP contribution in [0.5, 0.6) is 11.5 Å². The van der Waals surface area contributed by atoms with Crippen LogP contribution in [-0.2, 0) is 17.8 Å². The van der Waals surface area contributed by atoms with Gasteiger partial charge in [-0.1, -0.05) is 31.4 Å². The van der Waals surface area contributed by atoms with Crippen molar-refractivity contribution in [2.75, 3.05) is 20.3 Å². The Morgan fingerprint density at radius 3 is 2.58 bits per heavy atom. The van der Waals surface area contributed by atoms with Crippen LogP contribution in [0.25, 0.3) is 11.0 Å². The standard InChI is InChI=1S/C27H35N3O3/c1-32-22-14-16-23(17-15-22)33-20-8-19-30-25-12-6-5-11-24(25)29-26(30)13-7-18-28-27(31)21-9-3-2-4-10-21/h5-6,11-12,14-17,21H,2-4,7-10,13,18-20H2,1H3,(H,28,31). The van der Waals surface area contributed by atoms with Crippen LogP contribution in [0.2, 0.25) is 0 Å². The molecule has 4 rings (SSSR count). The Kier molecular flexibility index (Phi) is 8.23. The molecule has 1 heterocycles. The summed E-state index contributed by atoms with van der Waals surface area (Å²) in [5.74, 6) is 3.20. The lowest BCUT2D eigenvalue weighted by atomic mass is 9.89. The van der Waals surface area contributed by atoms with E-state index in [9.17, 15) is 4.79 Å². The molecule has 1 aliphatic rings. The highest BCUT2D eigenvalue weighted by Crippen LogP contribution is 2.24. The fraction of sp³-hybridized carbons (Fsp3) is 0.481. The van der Waals surface area contributed by atoms with E-state index in [1.165, 1.54) is 19.3 Å². The molecule has 0 aliphatic heterocycles. The highest BCUT2D eigenvalue weighted by Gasteiger charge is 2.20. The molecule has 1 amide bonds. The van der Waals surface area contributed by atoms with Crippen molar-refractivity contribution >= 4 is 16.9 Å². The molecule has 0 spiro atoms. The van der Waals surface area contributed by atoms with Gasteiger partial charge in [-0.05, 0) is 62.1 Å². The quantitative estimate of drug-likeness (QED) is 0.412. The number of aromatic nitrogens is 2. The number of amides is 1. The molecule has 0 radical (unpaired) electrons. The molecule has 0 unspecified atom stereocenters. The summed E-state index contributed by atoms with van der Waals surface area (Å²) in [6, 6.07) is 15.9. The maximum Gasteiger partial charge on any atom is 0.223 e. The number of hydrogen-bond donors (Lipinski definition) is 1. The van der Waals surface area contributed by atoms with E-state index in [1.54, 1.807) is 7.11 Å². The van der Waals surface area contributed by atoms with Crippen molar-refractivity contribution in [3.05, 3.63) is 54.4 Å². The Labute approximate surface area is 196 Å². The number of carbonyl (C=O) groups is 1. The summed E-state index contributed by atoms with van der Waals surface area (Å²) in [6.07, 6.45) is 8.35. The molecule has 3 aromatic rings. The Morgan fingerprint density at radius 2 is 1.79 bits per heavy atom. The van der Waals surface area contributed by atoms with Gasteiger partial charge in [0, 0.05) is 25.4 Å². The molecule has 1 fully saturated rings. The summed E-state index contributed by atoms with van der Waals surface area (Å²) in [6.45, 7) is 2.19. The minimum atomic E-state index is 0.217. The largest absolute Gasteiger partial charge is 0.497 e. The second-order valence-electron chi connectivity index (χ2n) is 8.78. The van der Waals surface area contributed by atoms with Crippen molar-refractivity contribution in [2.24, 2.45) is 5.92 Å². The third-order valence-electron chi connectivity index (χ3n) is 6.44. The molecule has 0 saturated heterocycles. The van der Waals surface area contributed by atoms with Gasteiger partial charge in [0.05, 0.1) is 24.8 Å². The van der Waals surface area contributed by atoms with E-state index in [0.29, 0.717) is 13.2 Å². The fourth-order valence-corrected chi connectivity index (χ4v) is 4.62. The van der Waals surface area contributed by atoms with Gasteiger partial charge in [-0.3, -0.25) is 4.79 Å². The number of hydrogen-bond acceptors (Lipinski definition) is 4. The minimum absolute atomic E-state index is 0.217. The average molecular weight is 450 g/mol. The van der Waals surface area contributed by atoms with Crippen LogP contribution in [0.15, 0.2) is 48.5 Å². The summed E-state index contributed by atoms with van der Waals surface area (Å²) in [4.78, 5) is 17.3. The second kappa shape index (κ2) is 11.7. The molecule has 6 nitrogen and oxygen atoms in total. The molecule has 6 heteroatoms. The molecule has 176 valence electrons. The molecule has 1 aliphatic carbocycles. The average Bonchev–Trinajstić information content (AvgIpc) is 3.22. The summed E-state index contributed by atoms with van der Waals surface area (Å²) in [5, 5.41) is 3.15. The predicted octanol–water partition coefficient (Wildman–Crippen LogP) is 5.14. The van der Waals surface area contributed by atoms with Gasteiger partial charge in [0.15, 0.2) is 0 Å². The number of nitrogens with zero attached hydrogens (tertiary/aromatic N) is 2. The molecule has 0 bridgehead atoms. The van der Waals surface area contributed by atoms with Gasteiger partial charge in [0.25, 0.3) is 0 Å². The second-order valence-corrected chi connectivity index (χ2v) is 8.78. The SMILES string of the molecule is COc1ccc(OCCCn2c(CCCNC(=O)C3CCCCC3)nc3ccccc32)cc1. The Bertz CT molecular complexity index is 1020. The number of fused-ring (bicyclic) bond motifs is 1. The molecule has 1 aromatic heterocycles. The van der Waals surface area contributed by atoms with Crippen LogP contribution in [0.3, 0.4) is 0 Å². The molecule has 0 atom stereocenters. The van der Waals surface area contributed by atoms with Crippen LogP contribution >= 0.6 is 0 Å². The third-order valence-corrected chi connectivity index (χ3v) is 6.44. The smallest absolute Gasteiger partial charge is 0.223 e. The first kappa shape index (κ1) is 23.1. The van der Waals surface area contributed by atoms with E-state index in [2.05, 4.69) is 28.1 Å². The highest BCUT2D eigenvalue weighted by atomic mass is 16.5. The molecule has 33 heavy (non-hydrogen) atoms. The third kappa shape index (κ3) is 6.28. The Hall–Kier alpha value is -3.02. The summed E-state index contributed by atoms with van der Waals surface area (Å²) in [5.41, 5.74) is 2.18. The van der Waals surface area contributed by atoms with Crippen LogP contribution in [0.4, 0.5) is 0 Å². The van der Waals surface area contributed by atoms with E-state index >= 15 is 0 Å². The van der Waals surface area contributed by atoms with E-state index < -0.39 is 0 Å². The van der Waals surface area contributed by atoms with Gasteiger partial charge < -0.3 is 19.4 Å². The lowest BCUT2D eigenvalue weighted by Crippen LogP contribution is -2.32. The number of ether oxygens (including phenoxy) is 2. The maximum absolute atomic E-state index is 12.4. The van der Waals surface area contributed by atoms with Crippen molar-refractivity contribution in [2.45, 2.75) is 57.9 Å². The molecule has 1 saturated carbocycles. The first-order valence-corrected chi connectivity index (χ1v) is 12.2. The zero-order chi connectivity index (χ0) is 22.9. The molecular weight excluding hydrogens is 414 g/mol. The first-order valence-electron chi connectivity index (χ1n) is 12.2. The first-order chi connectivity index (χ1) is 16.2. The van der Waals surface area contributed by atoms with Gasteiger partial charge in [0.2, 0.25) is 5.91 Å². The van der Waals surface area contributed by atoms with Gasteiger partial charge in [-0.15, -0.1) is 0 Å². The normalized spacial score (nSPS) is 14.3. The van der Waals surface area contributed by atoms with E-state index in [0.717, 1.165) is 67.0 Å². The van der Waals surface area contributed by atoms with Crippen molar-refractivity contribution in [1.82, 2.24) is 14.9 Å². The number of aryl methyl sites for hydroxylation is 2. The number of carbonyl (C=O) groups excluding carboxylic acids is 1. The number of nitrogens with one attached hydrogen (secondary N) is 1. The lowest BCUT2D eigenvalue weighted by molar-refractivity contribution is -0.125. The van der Waals surface area contributed by atoms with E-state index in [1.807, 2.05) is 30.3 Å². The summed E-state index contributed by atoms with van der Waals surface area (Å²) in [7, 11) is 1.66. The maximum atomic E-state index is 12.4. The van der Waals surface area contributed by atoms with Crippen molar-refractivity contribution in [3.63, 3.8) is 0 Å². The van der Waals surface area contributed by atoms with Crippen LogP contribution < -0.4 is 14.8 Å². The van der Waals surface area contributed by atoms with Gasteiger partial charge in [-0.25, -0.2) is 4.98 Å². The van der Waals surface area contributed by atoms with E-state index in [4.69, 9.17) is 14.5 Å². The van der Waals surface area contributed by atoms with Gasteiger partial charge in [0.1, 0.15) is 17.3 Å². The zero-order valence-electron chi connectivity index (χ0n) is 19.6. The van der Waals surface area contributed by atoms with Crippen LogP contribution in [-0.4, -0.2) is 35.7 Å². The van der Waals surface area contributed by atoms with Crippen molar-refractivity contribution < 1.29 is 14.3 Å². The van der Waals surface area contributed by atoms with Crippen LogP contribution in [0.1, 0.15) is 50.8 Å². The fourth-order valence-electron chi connectivity index (χ4n) is 4.62. The predicted molar refractivity (Wildman–Crippen MR) is 131 cm³/mol. The van der Waals surface area contributed by atoms with Crippen LogP contribution in [0, 0.1) is 5.92 Å². The number of methoxy groups -OCH3 is 1. The number of rotatable bonds is 11. The number of benzene rings is 2. The molecular formula is C27H35N3O3. The zero-order valence-corrected chi connectivity index (χ0v) is 19.6. The lowest BCUT2D eigenvalue weighted by Gasteiger charge is -2.20. The number of imidazole rings is 1. The highest BCUT2D eigenvalue weighted by molar-refractivity contribution is 5.78. The van der Waals surface area contributed by atoms with E-state index in [-0.39, 0.29) is 11.8 Å². The monoisotopic (exact) mass is 449 g/mol. The molecule has 1 N–H and O–H groups in total. The van der Waals surface area contributed by atoms with Crippen molar-refractivity contribution in [3.8, 4) is 11.5 Å². The van der Waals surface area contributed by atoms with Gasteiger partial charge >= 0.3 is 0 Å². The topological polar surface area (TPSA) is 65.4 Å². The molecule has 2 aromatic carbocycles.